The summed E-state index contributed by atoms with van der Waals surface area (Å²) in [6, 6.07) is 28.3. The topological polar surface area (TPSA) is 102 Å². The maximum absolute atomic E-state index is 13.9. The summed E-state index contributed by atoms with van der Waals surface area (Å²) in [4.78, 5) is 17.9. The minimum absolute atomic E-state index is 0.237. The van der Waals surface area contributed by atoms with Crippen LogP contribution < -0.4 is 30.7 Å². The fourth-order valence-corrected chi connectivity index (χ4v) is 7.39. The molecule has 0 aliphatic rings. The number of ether oxygens (including phenoxy) is 2. The normalized spacial score (nSPS) is 11.6. The van der Waals surface area contributed by atoms with Gasteiger partial charge in [0.05, 0.1) is 23.8 Å². The molecule has 9 heteroatoms. The summed E-state index contributed by atoms with van der Waals surface area (Å²) in [6.07, 6.45) is 2.70. The van der Waals surface area contributed by atoms with E-state index in [0.29, 0.717) is 52.1 Å². The number of urea groups is 1. The van der Waals surface area contributed by atoms with Gasteiger partial charge in [-0.25, -0.2) is 9.78 Å². The van der Waals surface area contributed by atoms with E-state index in [4.69, 9.17) is 9.47 Å². The Hall–Kier alpha value is -4.81. The van der Waals surface area contributed by atoms with E-state index in [2.05, 4.69) is 41.7 Å². The van der Waals surface area contributed by atoms with E-state index in [1.54, 1.807) is 19.4 Å². The van der Waals surface area contributed by atoms with Gasteiger partial charge >= 0.3 is 6.03 Å². The molecule has 238 valence electrons. The largest absolute Gasteiger partial charge is 0.494 e. The maximum atomic E-state index is 13.9. The van der Waals surface area contributed by atoms with Gasteiger partial charge in [-0.05, 0) is 53.4 Å². The number of pyridine rings is 1. The van der Waals surface area contributed by atoms with Crippen LogP contribution in [0.25, 0.3) is 10.8 Å². The van der Waals surface area contributed by atoms with Crippen molar-refractivity contribution in [2.24, 2.45) is 0 Å². The first-order valence-corrected chi connectivity index (χ1v) is 17.5. The number of hydrogen-bond donors (Lipinski definition) is 3. The number of carbonyl (C=O) groups excluding carboxylic acids is 1. The number of amides is 2. The summed E-state index contributed by atoms with van der Waals surface area (Å²) in [5.41, 5.74) is 2.74. The lowest BCUT2D eigenvalue weighted by Gasteiger charge is -2.26. The Bertz CT molecular complexity index is 1900. The number of nitrogens with one attached hydrogen (secondary N) is 3. The van der Waals surface area contributed by atoms with Crippen molar-refractivity contribution in [2.45, 2.75) is 40.0 Å². The van der Waals surface area contributed by atoms with E-state index in [9.17, 15) is 9.36 Å². The van der Waals surface area contributed by atoms with Gasteiger partial charge in [0.15, 0.2) is 5.75 Å². The molecular weight excluding hydrogens is 595 g/mol. The molecular formula is C37H41N4O4P. The van der Waals surface area contributed by atoms with Gasteiger partial charge in [-0.2, -0.15) is 0 Å². The highest BCUT2D eigenvalue weighted by molar-refractivity contribution is 7.71. The van der Waals surface area contributed by atoms with E-state index >= 15 is 0 Å². The van der Waals surface area contributed by atoms with Crippen LogP contribution in [0.5, 0.6) is 17.2 Å². The lowest BCUT2D eigenvalue weighted by atomic mass is 9.86. The van der Waals surface area contributed by atoms with Crippen LogP contribution in [0.3, 0.4) is 0 Å². The Kier molecular flexibility index (Phi) is 9.68. The van der Waals surface area contributed by atoms with Gasteiger partial charge in [-0.1, -0.05) is 77.1 Å². The molecule has 0 saturated carbocycles. The average Bonchev–Trinajstić information content (AvgIpc) is 3.05. The third-order valence-electron chi connectivity index (χ3n) is 7.99. The Morgan fingerprint density at radius 2 is 1.50 bits per heavy atom. The Balaban J connectivity index is 1.42. The van der Waals surface area contributed by atoms with E-state index in [0.717, 1.165) is 22.0 Å². The van der Waals surface area contributed by atoms with Crippen LogP contribution in [0.15, 0.2) is 97.2 Å². The number of fused-ring (bicyclic) bond motifs is 1. The molecule has 4 aromatic carbocycles. The molecule has 0 radical (unpaired) electrons. The Labute approximate surface area is 270 Å². The van der Waals surface area contributed by atoms with Crippen LogP contribution in [-0.2, 0) is 9.98 Å². The van der Waals surface area contributed by atoms with Crippen molar-refractivity contribution < 1.29 is 18.8 Å². The van der Waals surface area contributed by atoms with Crippen LogP contribution in [0, 0.1) is 0 Å². The van der Waals surface area contributed by atoms with Crippen LogP contribution in [0.4, 0.5) is 27.7 Å². The third kappa shape index (κ3) is 7.19. The standard InChI is InChI=1S/C37H41N4O4P/c1-7-46(43,8-2)33-23-25(37(3,4)5)22-31(35(33)44-6)41-36(42)40-30-18-19-32(29-17-13-12-16-28(29)30)45-27-20-21-38-34(24-27)39-26-14-10-9-11-15-26/h9-24H,7-8H2,1-6H3,(H,38,39)(H2,40,41,42). The van der Waals surface area contributed by atoms with Gasteiger partial charge in [-0.3, -0.25) is 0 Å². The van der Waals surface area contributed by atoms with Gasteiger partial charge in [-0.15, -0.1) is 0 Å². The van der Waals surface area contributed by atoms with Crippen molar-refractivity contribution in [1.29, 1.82) is 0 Å². The molecule has 0 spiro atoms. The van der Waals surface area contributed by atoms with Gasteiger partial charge in [0.1, 0.15) is 24.5 Å². The number of methoxy groups -OCH3 is 1. The molecule has 1 heterocycles. The number of para-hydroxylation sites is 1. The maximum Gasteiger partial charge on any atom is 0.323 e. The first-order valence-electron chi connectivity index (χ1n) is 15.4. The zero-order valence-corrected chi connectivity index (χ0v) is 28.1. The van der Waals surface area contributed by atoms with Crippen LogP contribution in [0.2, 0.25) is 0 Å². The van der Waals surface area contributed by atoms with E-state index in [-0.39, 0.29) is 5.41 Å². The fourth-order valence-electron chi connectivity index (χ4n) is 5.31. The molecule has 0 fully saturated rings. The SMILES string of the molecule is CCP(=O)(CC)c1cc(C(C)(C)C)cc(NC(=O)Nc2ccc(Oc3ccnc(Nc4ccccc4)c3)c3ccccc23)c1OC. The van der Waals surface area contributed by atoms with E-state index in [1.807, 2.05) is 98.8 Å². The highest BCUT2D eigenvalue weighted by Gasteiger charge is 2.30. The molecule has 5 aromatic rings. The molecule has 3 N–H and O–H groups in total. The highest BCUT2D eigenvalue weighted by atomic mass is 31.2. The summed E-state index contributed by atoms with van der Waals surface area (Å²) >= 11 is 0. The number of rotatable bonds is 10. The number of benzene rings is 4. The van der Waals surface area contributed by atoms with Gasteiger partial charge in [0, 0.05) is 41.0 Å². The second kappa shape index (κ2) is 13.7. The number of nitrogens with zero attached hydrogens (tertiary/aromatic N) is 1. The summed E-state index contributed by atoms with van der Waals surface area (Å²) < 4.78 is 26.0. The third-order valence-corrected chi connectivity index (χ3v) is 11.2. The molecule has 0 atom stereocenters. The number of hydrogen-bond acceptors (Lipinski definition) is 6. The van der Waals surface area contributed by atoms with Gasteiger partial charge in [0.25, 0.3) is 0 Å². The Morgan fingerprint density at radius 3 is 2.17 bits per heavy atom. The zero-order valence-electron chi connectivity index (χ0n) is 27.2. The minimum atomic E-state index is -2.73. The molecule has 2 amide bonds. The second-order valence-corrected chi connectivity index (χ2v) is 15.6. The van der Waals surface area contributed by atoms with Crippen molar-refractivity contribution in [3.63, 3.8) is 0 Å². The molecule has 0 aliphatic carbocycles. The lowest BCUT2D eigenvalue weighted by molar-refractivity contribution is 0.262. The first kappa shape index (κ1) is 32.6. The van der Waals surface area contributed by atoms with Crippen molar-refractivity contribution >= 4 is 52.1 Å². The molecule has 8 nitrogen and oxygen atoms in total. The van der Waals surface area contributed by atoms with Crippen molar-refractivity contribution in [2.75, 3.05) is 35.4 Å². The first-order chi connectivity index (χ1) is 22.0. The summed E-state index contributed by atoms with van der Waals surface area (Å²) in [7, 11) is -1.18. The molecule has 46 heavy (non-hydrogen) atoms. The fraction of sp³-hybridized carbons (Fsp3) is 0.243. The van der Waals surface area contributed by atoms with Gasteiger partial charge < -0.3 is 30.0 Å². The monoisotopic (exact) mass is 636 g/mol. The van der Waals surface area contributed by atoms with Crippen LogP contribution >= 0.6 is 7.14 Å². The van der Waals surface area contributed by atoms with Crippen molar-refractivity contribution in [3.05, 3.63) is 103 Å². The average molecular weight is 637 g/mol. The molecule has 1 aromatic heterocycles. The quantitative estimate of drug-likeness (QED) is 0.132. The smallest absolute Gasteiger partial charge is 0.323 e. The summed E-state index contributed by atoms with van der Waals surface area (Å²) in [5.74, 6) is 2.35. The number of anilines is 4. The molecule has 0 aliphatic heterocycles. The number of aromatic nitrogens is 1. The minimum Gasteiger partial charge on any atom is -0.494 e. The molecule has 5 rings (SSSR count). The van der Waals surface area contributed by atoms with E-state index < -0.39 is 13.2 Å². The highest BCUT2D eigenvalue weighted by Crippen LogP contribution is 2.49. The van der Waals surface area contributed by atoms with Gasteiger partial charge in [0.2, 0.25) is 0 Å². The predicted molar refractivity (Wildman–Crippen MR) is 191 cm³/mol. The predicted octanol–water partition coefficient (Wildman–Crippen LogP) is 9.75. The molecule has 0 unspecified atom stereocenters. The summed E-state index contributed by atoms with van der Waals surface area (Å²) in [5, 5.41) is 11.6. The Morgan fingerprint density at radius 1 is 0.826 bits per heavy atom. The number of carbonyl (C=O) groups is 1. The second-order valence-electron chi connectivity index (χ2n) is 12.1. The zero-order chi connectivity index (χ0) is 32.9. The van der Waals surface area contributed by atoms with Crippen LogP contribution in [0.1, 0.15) is 40.2 Å². The summed E-state index contributed by atoms with van der Waals surface area (Å²) in [6.45, 7) is 10.1. The molecule has 0 bridgehead atoms. The molecule has 0 saturated heterocycles. The lowest BCUT2D eigenvalue weighted by Crippen LogP contribution is -2.24. The van der Waals surface area contributed by atoms with E-state index in [1.165, 1.54) is 0 Å². The van der Waals surface area contributed by atoms with Crippen molar-refractivity contribution in [3.8, 4) is 17.2 Å². The van der Waals surface area contributed by atoms with Crippen LogP contribution in [-0.4, -0.2) is 30.4 Å². The van der Waals surface area contributed by atoms with Crippen molar-refractivity contribution in [1.82, 2.24) is 4.98 Å².